The van der Waals surface area contributed by atoms with Gasteiger partial charge in [-0.05, 0) is 62.4 Å². The lowest BCUT2D eigenvalue weighted by atomic mass is 10.0. The predicted molar refractivity (Wildman–Crippen MR) is 107 cm³/mol. The normalized spacial score (nSPS) is 13.5. The molecule has 1 aliphatic carbocycles. The summed E-state index contributed by atoms with van der Waals surface area (Å²) in [4.78, 5) is 16.7. The number of ether oxygens (including phenoxy) is 1. The molecule has 1 fully saturated rings. The molecule has 0 aliphatic heterocycles. The highest BCUT2D eigenvalue weighted by Gasteiger charge is 2.23. The summed E-state index contributed by atoms with van der Waals surface area (Å²) in [6.45, 7) is 4.44. The van der Waals surface area contributed by atoms with Gasteiger partial charge in [-0.1, -0.05) is 6.07 Å². The van der Waals surface area contributed by atoms with Gasteiger partial charge in [-0.15, -0.1) is 0 Å². The Kier molecular flexibility index (Phi) is 4.63. The number of aryl methyl sites for hydroxylation is 1. The maximum Gasteiger partial charge on any atom is 0.274 e. The number of anilines is 1. The van der Waals surface area contributed by atoms with E-state index in [9.17, 15) is 9.18 Å². The van der Waals surface area contributed by atoms with Crippen LogP contribution in [0, 0.1) is 25.6 Å². The van der Waals surface area contributed by atoms with Crippen LogP contribution in [0.2, 0.25) is 0 Å². The van der Waals surface area contributed by atoms with Gasteiger partial charge in [-0.3, -0.25) is 9.78 Å². The molecule has 2 heterocycles. The van der Waals surface area contributed by atoms with Crippen LogP contribution in [-0.2, 0) is 6.54 Å². The Morgan fingerprint density at radius 1 is 1.21 bits per heavy atom. The Hall–Kier alpha value is -3.15. The first-order chi connectivity index (χ1) is 13.4. The van der Waals surface area contributed by atoms with Crippen molar-refractivity contribution in [3.63, 3.8) is 0 Å². The van der Waals surface area contributed by atoms with Gasteiger partial charge >= 0.3 is 0 Å². The topological polar surface area (TPSA) is 70.1 Å². The molecule has 0 radical (unpaired) electrons. The summed E-state index contributed by atoms with van der Waals surface area (Å²) in [6.07, 6.45) is 5.66. The first-order valence-corrected chi connectivity index (χ1v) is 9.33. The van der Waals surface area contributed by atoms with Gasteiger partial charge in [-0.2, -0.15) is 0 Å². The zero-order valence-electron chi connectivity index (χ0n) is 15.9. The summed E-state index contributed by atoms with van der Waals surface area (Å²) in [6, 6.07) is 8.07. The number of hydrogen-bond donors (Lipinski definition) is 1. The fourth-order valence-corrected chi connectivity index (χ4v) is 3.16. The lowest BCUT2D eigenvalue weighted by Crippen LogP contribution is -2.23. The maximum atomic E-state index is 14.7. The number of halogens is 1. The highest BCUT2D eigenvalue weighted by molar-refractivity contribution is 5.75. The number of nitrogens with zero attached hydrogens (tertiary/aromatic N) is 2. The van der Waals surface area contributed by atoms with Crippen molar-refractivity contribution in [2.45, 2.75) is 33.2 Å². The molecular formula is C22H22FN3O2. The summed E-state index contributed by atoms with van der Waals surface area (Å²) >= 11 is 0. The molecule has 1 saturated carbocycles. The van der Waals surface area contributed by atoms with Crippen LogP contribution in [-0.4, -0.2) is 9.55 Å². The summed E-state index contributed by atoms with van der Waals surface area (Å²) in [7, 11) is 0. The molecule has 144 valence electrons. The van der Waals surface area contributed by atoms with Crippen LogP contribution in [0.3, 0.4) is 0 Å². The van der Waals surface area contributed by atoms with E-state index in [1.807, 2.05) is 13.8 Å². The van der Waals surface area contributed by atoms with Crippen LogP contribution in [0.25, 0.3) is 11.1 Å². The monoisotopic (exact) mass is 379 g/mol. The van der Waals surface area contributed by atoms with Crippen molar-refractivity contribution >= 4 is 5.69 Å². The van der Waals surface area contributed by atoms with Crippen LogP contribution >= 0.6 is 0 Å². The van der Waals surface area contributed by atoms with Crippen molar-refractivity contribution in [2.24, 2.45) is 5.92 Å². The molecule has 3 aromatic rings. The molecule has 4 rings (SSSR count). The van der Waals surface area contributed by atoms with Crippen molar-refractivity contribution in [1.29, 1.82) is 0 Å². The Morgan fingerprint density at radius 3 is 2.71 bits per heavy atom. The van der Waals surface area contributed by atoms with Crippen molar-refractivity contribution in [3.8, 4) is 22.6 Å². The first kappa shape index (κ1) is 18.2. The van der Waals surface area contributed by atoms with Crippen molar-refractivity contribution in [2.75, 3.05) is 5.73 Å². The number of aromatic nitrogens is 2. The quantitative estimate of drug-likeness (QED) is 0.711. The number of hydrogen-bond acceptors (Lipinski definition) is 4. The average Bonchev–Trinajstić information content (AvgIpc) is 3.49. The van der Waals surface area contributed by atoms with E-state index in [-0.39, 0.29) is 17.0 Å². The van der Waals surface area contributed by atoms with E-state index in [2.05, 4.69) is 4.98 Å². The van der Waals surface area contributed by atoms with Crippen molar-refractivity contribution in [1.82, 2.24) is 9.55 Å². The molecule has 1 aliphatic rings. The van der Waals surface area contributed by atoms with Crippen molar-refractivity contribution in [3.05, 3.63) is 70.2 Å². The fraction of sp³-hybridized carbons (Fsp3) is 0.273. The fourth-order valence-electron chi connectivity index (χ4n) is 3.16. The standard InChI is InChI=1S/C22H22FN3O2/c1-13-14(2)25-9-7-19(13)28-20-6-5-16(11-18(20)23)17-8-10-26(12-15-3-4-15)22(27)21(17)24/h5-11,15H,3-4,12,24H2,1-2H3. The summed E-state index contributed by atoms with van der Waals surface area (Å²) < 4.78 is 22.0. The molecule has 0 bridgehead atoms. The third-order valence-corrected chi connectivity index (χ3v) is 5.22. The Morgan fingerprint density at radius 2 is 2.00 bits per heavy atom. The van der Waals surface area contributed by atoms with Gasteiger partial charge < -0.3 is 15.0 Å². The number of nitrogens with two attached hydrogens (primary N) is 1. The van der Waals surface area contributed by atoms with Gasteiger partial charge in [0.25, 0.3) is 5.56 Å². The number of benzene rings is 1. The largest absolute Gasteiger partial charge is 0.454 e. The van der Waals surface area contributed by atoms with Gasteiger partial charge in [0, 0.05) is 35.8 Å². The Labute approximate surface area is 162 Å². The lowest BCUT2D eigenvalue weighted by Gasteiger charge is -2.13. The predicted octanol–water partition coefficient (Wildman–Crippen LogP) is 4.45. The van der Waals surface area contributed by atoms with E-state index >= 15 is 0 Å². The zero-order valence-corrected chi connectivity index (χ0v) is 15.9. The highest BCUT2D eigenvalue weighted by atomic mass is 19.1. The number of nitrogen functional groups attached to an aromatic ring is 1. The smallest absolute Gasteiger partial charge is 0.274 e. The van der Waals surface area contributed by atoms with Crippen LogP contribution < -0.4 is 16.0 Å². The summed E-state index contributed by atoms with van der Waals surface area (Å²) in [5.41, 5.74) is 8.73. The second-order valence-electron chi connectivity index (χ2n) is 7.31. The summed E-state index contributed by atoms with van der Waals surface area (Å²) in [5.74, 6) is 0.712. The van der Waals surface area contributed by atoms with E-state index in [4.69, 9.17) is 10.5 Å². The third kappa shape index (κ3) is 3.50. The van der Waals surface area contributed by atoms with E-state index < -0.39 is 5.82 Å². The number of rotatable bonds is 5. The molecule has 0 unspecified atom stereocenters. The molecule has 0 atom stereocenters. The van der Waals surface area contributed by atoms with Crippen LogP contribution in [0.4, 0.5) is 10.1 Å². The molecule has 1 aromatic carbocycles. The average molecular weight is 379 g/mol. The molecular weight excluding hydrogens is 357 g/mol. The van der Waals surface area contributed by atoms with Crippen molar-refractivity contribution < 1.29 is 9.13 Å². The van der Waals surface area contributed by atoms with Gasteiger partial charge in [0.05, 0.1) is 0 Å². The van der Waals surface area contributed by atoms with Gasteiger partial charge in [0.2, 0.25) is 0 Å². The second-order valence-corrected chi connectivity index (χ2v) is 7.31. The van der Waals surface area contributed by atoms with E-state index in [1.54, 1.807) is 41.2 Å². The van der Waals surface area contributed by atoms with Crippen LogP contribution in [0.1, 0.15) is 24.1 Å². The molecule has 0 saturated heterocycles. The third-order valence-electron chi connectivity index (χ3n) is 5.22. The molecule has 0 amide bonds. The van der Waals surface area contributed by atoms with Crippen LogP contribution in [0.5, 0.6) is 11.5 Å². The first-order valence-electron chi connectivity index (χ1n) is 9.33. The molecule has 28 heavy (non-hydrogen) atoms. The van der Waals surface area contributed by atoms with E-state index in [0.717, 1.165) is 24.1 Å². The van der Waals surface area contributed by atoms with Gasteiger partial charge in [-0.25, -0.2) is 4.39 Å². The molecule has 2 aromatic heterocycles. The molecule has 5 nitrogen and oxygen atoms in total. The molecule has 2 N–H and O–H groups in total. The summed E-state index contributed by atoms with van der Waals surface area (Å²) in [5, 5.41) is 0. The molecule has 6 heteroatoms. The maximum absolute atomic E-state index is 14.7. The highest BCUT2D eigenvalue weighted by Crippen LogP contribution is 2.33. The minimum absolute atomic E-state index is 0.109. The van der Waals surface area contributed by atoms with Gasteiger partial charge in [0.1, 0.15) is 11.4 Å². The second kappa shape index (κ2) is 7.11. The minimum Gasteiger partial charge on any atom is -0.454 e. The van der Waals surface area contributed by atoms with Crippen LogP contribution in [0.15, 0.2) is 47.5 Å². The van der Waals surface area contributed by atoms with E-state index in [0.29, 0.717) is 29.3 Å². The minimum atomic E-state index is -0.520. The number of pyridine rings is 2. The zero-order chi connectivity index (χ0) is 19.8. The Balaban J connectivity index is 1.63. The van der Waals surface area contributed by atoms with Gasteiger partial charge in [0.15, 0.2) is 11.6 Å². The SMILES string of the molecule is Cc1nccc(Oc2ccc(-c3ccn(CC4CC4)c(=O)c3N)cc2F)c1C. The molecule has 0 spiro atoms. The lowest BCUT2D eigenvalue weighted by molar-refractivity contribution is 0.438. The van der Waals surface area contributed by atoms with E-state index in [1.165, 1.54) is 6.07 Å². The Bertz CT molecular complexity index is 1100.